The smallest absolute Gasteiger partial charge is 0.213 e. The van der Waals surface area contributed by atoms with Crippen LogP contribution in [0.25, 0.3) is 0 Å². The number of pyridine rings is 1. The van der Waals surface area contributed by atoms with Crippen molar-refractivity contribution < 1.29 is 9.47 Å². The van der Waals surface area contributed by atoms with Crippen LogP contribution in [0.5, 0.6) is 5.88 Å². The Morgan fingerprint density at radius 3 is 2.56 bits per heavy atom. The van der Waals surface area contributed by atoms with E-state index in [-0.39, 0.29) is 0 Å². The van der Waals surface area contributed by atoms with Gasteiger partial charge in [0, 0.05) is 19.4 Å². The largest absolute Gasteiger partial charge is 0.475 e. The van der Waals surface area contributed by atoms with Crippen molar-refractivity contribution in [1.82, 2.24) is 4.98 Å². The van der Waals surface area contributed by atoms with Crippen LogP contribution >= 0.6 is 0 Å². The van der Waals surface area contributed by atoms with E-state index in [4.69, 9.17) is 9.47 Å². The number of hydrogen-bond donors (Lipinski definition) is 0. The van der Waals surface area contributed by atoms with E-state index < -0.39 is 0 Å². The molecule has 102 valence electrons. The van der Waals surface area contributed by atoms with Crippen molar-refractivity contribution in [2.75, 3.05) is 20.3 Å². The number of rotatable bonds is 10. The maximum atomic E-state index is 5.42. The molecule has 0 aliphatic carbocycles. The van der Waals surface area contributed by atoms with Crippen LogP contribution < -0.4 is 4.74 Å². The minimum atomic E-state index is 0.555. The Morgan fingerprint density at radius 2 is 1.89 bits per heavy atom. The highest BCUT2D eigenvalue weighted by atomic mass is 16.5. The molecule has 1 aromatic heterocycles. The summed E-state index contributed by atoms with van der Waals surface area (Å²) in [6, 6.07) is 4.05. The Labute approximate surface area is 111 Å². The molecule has 18 heavy (non-hydrogen) atoms. The average molecular weight is 251 g/mol. The van der Waals surface area contributed by atoms with Crippen LogP contribution in [0.2, 0.25) is 0 Å². The summed E-state index contributed by atoms with van der Waals surface area (Å²) in [6.45, 7) is 3.40. The third kappa shape index (κ3) is 6.60. The summed E-state index contributed by atoms with van der Waals surface area (Å²) < 4.78 is 10.3. The second kappa shape index (κ2) is 9.89. The predicted molar refractivity (Wildman–Crippen MR) is 74.1 cm³/mol. The molecule has 1 heterocycles. The number of hydrogen-bond acceptors (Lipinski definition) is 3. The van der Waals surface area contributed by atoms with Crippen molar-refractivity contribution in [2.45, 2.75) is 45.4 Å². The van der Waals surface area contributed by atoms with Crippen LogP contribution in [0.4, 0.5) is 0 Å². The highest BCUT2D eigenvalue weighted by Gasteiger charge is 1.97. The second-order valence-corrected chi connectivity index (χ2v) is 4.51. The minimum Gasteiger partial charge on any atom is -0.475 e. The van der Waals surface area contributed by atoms with Crippen LogP contribution in [0.1, 0.15) is 44.6 Å². The van der Waals surface area contributed by atoms with Gasteiger partial charge in [-0.3, -0.25) is 0 Å². The number of nitrogens with zero attached hydrogens (tertiary/aromatic N) is 1. The minimum absolute atomic E-state index is 0.555. The van der Waals surface area contributed by atoms with Gasteiger partial charge in [0.05, 0.1) is 6.61 Å². The zero-order valence-electron chi connectivity index (χ0n) is 11.7. The Morgan fingerprint density at radius 1 is 1.06 bits per heavy atom. The molecule has 0 atom stereocenters. The van der Waals surface area contributed by atoms with Gasteiger partial charge in [-0.2, -0.15) is 0 Å². The Hall–Kier alpha value is -1.09. The lowest BCUT2D eigenvalue weighted by atomic mass is 10.1. The molecule has 0 unspecified atom stereocenters. The van der Waals surface area contributed by atoms with Crippen LogP contribution in [-0.4, -0.2) is 25.3 Å². The Balaban J connectivity index is 2.19. The lowest BCUT2D eigenvalue weighted by Crippen LogP contribution is -2.05. The molecule has 0 fully saturated rings. The number of aromatic nitrogens is 1. The van der Waals surface area contributed by atoms with Crippen LogP contribution in [0.3, 0.4) is 0 Å². The summed E-state index contributed by atoms with van der Waals surface area (Å²) in [5.41, 5.74) is 1.30. The SMILES string of the molecule is CCCCCCCc1ccc(OCCOC)nc1. The van der Waals surface area contributed by atoms with Gasteiger partial charge in [-0.1, -0.05) is 38.7 Å². The maximum Gasteiger partial charge on any atom is 0.213 e. The van der Waals surface area contributed by atoms with Crippen LogP contribution in [-0.2, 0) is 11.2 Å². The molecule has 0 radical (unpaired) electrons. The summed E-state index contributed by atoms with van der Waals surface area (Å²) in [6.07, 6.45) is 9.62. The molecule has 0 spiro atoms. The fourth-order valence-electron chi connectivity index (χ4n) is 1.81. The molecule has 0 amide bonds. The lowest BCUT2D eigenvalue weighted by molar-refractivity contribution is 0.143. The molecule has 0 aromatic carbocycles. The third-order valence-electron chi connectivity index (χ3n) is 2.90. The van der Waals surface area contributed by atoms with Gasteiger partial charge in [-0.05, 0) is 18.4 Å². The molecule has 0 bridgehead atoms. The normalized spacial score (nSPS) is 10.6. The average Bonchev–Trinajstić information content (AvgIpc) is 2.40. The molecule has 1 aromatic rings. The van der Waals surface area contributed by atoms with Crippen LogP contribution in [0, 0.1) is 0 Å². The molecule has 3 nitrogen and oxygen atoms in total. The van der Waals surface area contributed by atoms with E-state index in [9.17, 15) is 0 Å². The van der Waals surface area contributed by atoms with E-state index in [1.165, 1.54) is 37.7 Å². The second-order valence-electron chi connectivity index (χ2n) is 4.51. The molecule has 0 aliphatic heterocycles. The summed E-state index contributed by atoms with van der Waals surface area (Å²) in [7, 11) is 1.67. The Kier molecular flexibility index (Phi) is 8.23. The van der Waals surface area contributed by atoms with Crippen LogP contribution in [0.15, 0.2) is 18.3 Å². The molecular weight excluding hydrogens is 226 g/mol. The Bertz CT molecular complexity index is 298. The molecule has 0 N–H and O–H groups in total. The molecule has 0 aliphatic rings. The third-order valence-corrected chi connectivity index (χ3v) is 2.90. The van der Waals surface area contributed by atoms with E-state index in [1.54, 1.807) is 7.11 Å². The van der Waals surface area contributed by atoms with Gasteiger partial charge in [0.2, 0.25) is 5.88 Å². The summed E-state index contributed by atoms with van der Waals surface area (Å²) >= 11 is 0. The first-order valence-electron chi connectivity index (χ1n) is 6.93. The molecule has 0 saturated carbocycles. The quantitative estimate of drug-likeness (QED) is 0.595. The highest BCUT2D eigenvalue weighted by molar-refractivity contribution is 5.17. The van der Waals surface area contributed by atoms with Gasteiger partial charge in [0.25, 0.3) is 0 Å². The van der Waals surface area contributed by atoms with E-state index in [0.29, 0.717) is 19.1 Å². The molecular formula is C15H25NO2. The number of methoxy groups -OCH3 is 1. The summed E-state index contributed by atoms with van der Waals surface area (Å²) in [5, 5.41) is 0. The van der Waals surface area contributed by atoms with E-state index >= 15 is 0 Å². The van der Waals surface area contributed by atoms with E-state index in [0.717, 1.165) is 6.42 Å². The highest BCUT2D eigenvalue weighted by Crippen LogP contribution is 2.11. The van der Waals surface area contributed by atoms with Crippen molar-refractivity contribution in [3.05, 3.63) is 23.9 Å². The van der Waals surface area contributed by atoms with Gasteiger partial charge in [0.1, 0.15) is 6.61 Å². The first kappa shape index (κ1) is 15.0. The van der Waals surface area contributed by atoms with Gasteiger partial charge in [-0.15, -0.1) is 0 Å². The first-order valence-corrected chi connectivity index (χ1v) is 6.93. The van der Waals surface area contributed by atoms with Crippen molar-refractivity contribution in [3.8, 4) is 5.88 Å². The van der Waals surface area contributed by atoms with Gasteiger partial charge < -0.3 is 9.47 Å². The first-order chi connectivity index (χ1) is 8.86. The van der Waals surface area contributed by atoms with Crippen molar-refractivity contribution >= 4 is 0 Å². The van der Waals surface area contributed by atoms with Gasteiger partial charge in [0.15, 0.2) is 0 Å². The van der Waals surface area contributed by atoms with Crippen molar-refractivity contribution in [1.29, 1.82) is 0 Å². The van der Waals surface area contributed by atoms with Crippen molar-refractivity contribution in [2.24, 2.45) is 0 Å². The van der Waals surface area contributed by atoms with Gasteiger partial charge in [-0.25, -0.2) is 4.98 Å². The number of aryl methyl sites for hydroxylation is 1. The fraction of sp³-hybridized carbons (Fsp3) is 0.667. The van der Waals surface area contributed by atoms with E-state index in [2.05, 4.69) is 18.0 Å². The number of unbranched alkanes of at least 4 members (excludes halogenated alkanes) is 4. The van der Waals surface area contributed by atoms with E-state index in [1.807, 2.05) is 12.3 Å². The standard InChI is InChI=1S/C15H25NO2/c1-3-4-5-6-7-8-14-9-10-15(16-13-14)18-12-11-17-2/h9-10,13H,3-8,11-12H2,1-2H3. The fourth-order valence-corrected chi connectivity index (χ4v) is 1.81. The molecule has 3 heteroatoms. The lowest BCUT2D eigenvalue weighted by Gasteiger charge is -2.05. The summed E-state index contributed by atoms with van der Waals surface area (Å²) in [5.74, 6) is 0.682. The summed E-state index contributed by atoms with van der Waals surface area (Å²) in [4.78, 5) is 4.29. The number of ether oxygens (including phenoxy) is 2. The predicted octanol–water partition coefficient (Wildman–Crippen LogP) is 3.62. The van der Waals surface area contributed by atoms with Gasteiger partial charge >= 0.3 is 0 Å². The molecule has 1 rings (SSSR count). The zero-order chi connectivity index (χ0) is 13.1. The monoisotopic (exact) mass is 251 g/mol. The zero-order valence-corrected chi connectivity index (χ0v) is 11.7. The topological polar surface area (TPSA) is 31.4 Å². The maximum absolute atomic E-state index is 5.42. The van der Waals surface area contributed by atoms with Crippen molar-refractivity contribution in [3.63, 3.8) is 0 Å². The molecule has 0 saturated heterocycles.